The van der Waals surface area contributed by atoms with Crippen LogP contribution in [-0.4, -0.2) is 7.11 Å². The van der Waals surface area contributed by atoms with Crippen LogP contribution in [0.15, 0.2) is 30.3 Å². The normalized spacial score (nSPS) is 10.1. The minimum absolute atomic E-state index is 0.904. The fraction of sp³-hybridized carbons (Fsp3) is 0.412. The number of benzene rings is 1. The minimum atomic E-state index is 0.904. The first-order valence-electron chi connectivity index (χ1n) is 6.63. The highest BCUT2D eigenvalue weighted by Gasteiger charge is 1.89. The van der Waals surface area contributed by atoms with E-state index in [0.717, 1.165) is 25.0 Å². The summed E-state index contributed by atoms with van der Waals surface area (Å²) in [6, 6.07) is 8.12. The second kappa shape index (κ2) is 9.36. The predicted octanol–water partition coefficient (Wildman–Crippen LogP) is 4.68. The summed E-state index contributed by atoms with van der Waals surface area (Å²) in [5.41, 5.74) is 1.22. The third-order valence-corrected chi connectivity index (χ3v) is 2.65. The maximum absolute atomic E-state index is 5.12. The van der Waals surface area contributed by atoms with Crippen LogP contribution in [0, 0.1) is 11.8 Å². The molecule has 0 atom stereocenters. The lowest BCUT2D eigenvalue weighted by Crippen LogP contribution is -1.81. The molecule has 1 nitrogen and oxygen atoms in total. The molecule has 0 N–H and O–H groups in total. The van der Waals surface area contributed by atoms with E-state index in [2.05, 4.69) is 43.0 Å². The van der Waals surface area contributed by atoms with Crippen LogP contribution >= 0.6 is 0 Å². The van der Waals surface area contributed by atoms with E-state index >= 15 is 0 Å². The fourth-order valence-electron chi connectivity index (χ4n) is 1.62. The van der Waals surface area contributed by atoms with Gasteiger partial charge in [0.05, 0.1) is 7.11 Å². The molecule has 0 spiro atoms. The average molecular weight is 242 g/mol. The van der Waals surface area contributed by atoms with Gasteiger partial charge in [-0.1, -0.05) is 31.2 Å². The third kappa shape index (κ3) is 6.15. The molecule has 18 heavy (non-hydrogen) atoms. The molecule has 1 heteroatoms. The SMILES string of the molecule is CCC#CCCCCC=Cc1ccc(OC)cc1. The lowest BCUT2D eigenvalue weighted by molar-refractivity contribution is 0.415. The highest BCUT2D eigenvalue weighted by atomic mass is 16.5. The summed E-state index contributed by atoms with van der Waals surface area (Å²) in [5.74, 6) is 7.17. The Labute approximate surface area is 111 Å². The highest BCUT2D eigenvalue weighted by Crippen LogP contribution is 2.12. The van der Waals surface area contributed by atoms with Gasteiger partial charge in [0.25, 0.3) is 0 Å². The first kappa shape index (κ1) is 14.4. The van der Waals surface area contributed by atoms with Crippen LogP contribution in [0.4, 0.5) is 0 Å². The summed E-state index contributed by atoms with van der Waals surface area (Å²) in [4.78, 5) is 0. The molecule has 0 heterocycles. The maximum Gasteiger partial charge on any atom is 0.118 e. The molecular formula is C17H22O. The molecule has 1 aromatic rings. The number of methoxy groups -OCH3 is 1. The molecule has 0 unspecified atom stereocenters. The molecule has 0 saturated heterocycles. The van der Waals surface area contributed by atoms with Crippen molar-refractivity contribution < 1.29 is 4.74 Å². The highest BCUT2D eigenvalue weighted by molar-refractivity contribution is 5.50. The molecule has 0 aromatic heterocycles. The Hall–Kier alpha value is -1.68. The zero-order chi connectivity index (χ0) is 13.1. The lowest BCUT2D eigenvalue weighted by atomic mass is 10.1. The second-order valence-corrected chi connectivity index (χ2v) is 4.13. The molecule has 0 radical (unpaired) electrons. The Kier molecular flexibility index (Phi) is 7.48. The maximum atomic E-state index is 5.12. The molecule has 0 fully saturated rings. The Morgan fingerprint density at radius 2 is 1.89 bits per heavy atom. The topological polar surface area (TPSA) is 9.23 Å². The predicted molar refractivity (Wildman–Crippen MR) is 78.6 cm³/mol. The lowest BCUT2D eigenvalue weighted by Gasteiger charge is -1.99. The van der Waals surface area contributed by atoms with Crippen LogP contribution in [0.2, 0.25) is 0 Å². The third-order valence-electron chi connectivity index (χ3n) is 2.65. The minimum Gasteiger partial charge on any atom is -0.497 e. The molecule has 0 bridgehead atoms. The van der Waals surface area contributed by atoms with E-state index in [-0.39, 0.29) is 0 Å². The van der Waals surface area contributed by atoms with Crippen LogP contribution in [0.1, 0.15) is 44.6 Å². The monoisotopic (exact) mass is 242 g/mol. The van der Waals surface area contributed by atoms with Gasteiger partial charge in [0.2, 0.25) is 0 Å². The summed E-state index contributed by atoms with van der Waals surface area (Å²) in [6.07, 6.45) is 9.93. The van der Waals surface area contributed by atoms with Gasteiger partial charge in [-0.25, -0.2) is 0 Å². The Morgan fingerprint density at radius 3 is 2.56 bits per heavy atom. The number of ether oxygens (including phenoxy) is 1. The van der Waals surface area contributed by atoms with Crippen molar-refractivity contribution in [2.45, 2.75) is 39.0 Å². The quantitative estimate of drug-likeness (QED) is 0.520. The number of hydrogen-bond acceptors (Lipinski definition) is 1. The molecule has 0 saturated carbocycles. The first-order chi connectivity index (χ1) is 8.86. The van der Waals surface area contributed by atoms with Crippen LogP contribution in [0.5, 0.6) is 5.75 Å². The van der Waals surface area contributed by atoms with Gasteiger partial charge >= 0.3 is 0 Å². The summed E-state index contributed by atoms with van der Waals surface area (Å²) in [5, 5.41) is 0. The standard InChI is InChI=1S/C17H22O/c1-3-4-5-6-7-8-9-10-11-16-12-14-17(18-2)15-13-16/h10-15H,3,6-9H2,1-2H3. The van der Waals surface area contributed by atoms with Crippen molar-refractivity contribution in [1.29, 1.82) is 0 Å². The number of hydrogen-bond donors (Lipinski definition) is 0. The molecule has 0 amide bonds. The van der Waals surface area contributed by atoms with Gasteiger partial charge < -0.3 is 4.74 Å². The fourth-order valence-corrected chi connectivity index (χ4v) is 1.62. The zero-order valence-electron chi connectivity index (χ0n) is 11.4. The van der Waals surface area contributed by atoms with Crippen LogP contribution in [-0.2, 0) is 0 Å². The largest absolute Gasteiger partial charge is 0.497 e. The van der Waals surface area contributed by atoms with Crippen molar-refractivity contribution in [3.8, 4) is 17.6 Å². The van der Waals surface area contributed by atoms with Gasteiger partial charge in [0.1, 0.15) is 5.75 Å². The van der Waals surface area contributed by atoms with E-state index in [0.29, 0.717) is 0 Å². The van der Waals surface area contributed by atoms with Crippen LogP contribution in [0.3, 0.4) is 0 Å². The van der Waals surface area contributed by atoms with E-state index in [4.69, 9.17) is 4.74 Å². The van der Waals surface area contributed by atoms with Crippen LogP contribution < -0.4 is 4.74 Å². The molecule has 1 aromatic carbocycles. The molecule has 0 aliphatic carbocycles. The van der Waals surface area contributed by atoms with E-state index in [9.17, 15) is 0 Å². The molecular weight excluding hydrogens is 220 g/mol. The van der Waals surface area contributed by atoms with Gasteiger partial charge in [-0.3, -0.25) is 0 Å². The first-order valence-corrected chi connectivity index (χ1v) is 6.63. The summed E-state index contributed by atoms with van der Waals surface area (Å²) < 4.78 is 5.12. The zero-order valence-corrected chi connectivity index (χ0v) is 11.4. The van der Waals surface area contributed by atoms with Crippen molar-refractivity contribution in [2.24, 2.45) is 0 Å². The van der Waals surface area contributed by atoms with Gasteiger partial charge in [-0.2, -0.15) is 0 Å². The van der Waals surface area contributed by atoms with Gasteiger partial charge in [-0.15, -0.1) is 11.8 Å². The average Bonchev–Trinajstić information content (AvgIpc) is 2.42. The Bertz CT molecular complexity index is 403. The molecule has 96 valence electrons. The van der Waals surface area contributed by atoms with Gasteiger partial charge in [0.15, 0.2) is 0 Å². The van der Waals surface area contributed by atoms with E-state index < -0.39 is 0 Å². The van der Waals surface area contributed by atoms with Crippen molar-refractivity contribution in [3.05, 3.63) is 35.9 Å². The summed E-state index contributed by atoms with van der Waals surface area (Å²) in [6.45, 7) is 2.09. The van der Waals surface area contributed by atoms with Crippen LogP contribution in [0.25, 0.3) is 6.08 Å². The number of rotatable bonds is 6. The van der Waals surface area contributed by atoms with Gasteiger partial charge in [-0.05, 0) is 37.0 Å². The van der Waals surface area contributed by atoms with E-state index in [1.54, 1.807) is 7.11 Å². The van der Waals surface area contributed by atoms with E-state index in [1.165, 1.54) is 18.4 Å². The van der Waals surface area contributed by atoms with Crippen molar-refractivity contribution in [2.75, 3.05) is 7.11 Å². The number of unbranched alkanes of at least 4 members (excludes halogenated alkanes) is 3. The molecule has 1 rings (SSSR count). The Balaban J connectivity index is 2.19. The number of allylic oxidation sites excluding steroid dienone is 1. The molecule has 0 aliphatic rings. The second-order valence-electron chi connectivity index (χ2n) is 4.13. The Morgan fingerprint density at radius 1 is 1.11 bits per heavy atom. The van der Waals surface area contributed by atoms with Crippen molar-refractivity contribution in [3.63, 3.8) is 0 Å². The van der Waals surface area contributed by atoms with Crippen molar-refractivity contribution >= 4 is 6.08 Å². The molecule has 0 aliphatic heterocycles. The van der Waals surface area contributed by atoms with Crippen molar-refractivity contribution in [1.82, 2.24) is 0 Å². The summed E-state index contributed by atoms with van der Waals surface area (Å²) in [7, 11) is 1.69. The smallest absolute Gasteiger partial charge is 0.118 e. The van der Waals surface area contributed by atoms with E-state index in [1.807, 2.05) is 12.1 Å². The summed E-state index contributed by atoms with van der Waals surface area (Å²) >= 11 is 0. The van der Waals surface area contributed by atoms with Gasteiger partial charge in [0, 0.05) is 12.8 Å².